The van der Waals surface area contributed by atoms with E-state index in [0.29, 0.717) is 5.41 Å². The zero-order valence-corrected chi connectivity index (χ0v) is 11.1. The fourth-order valence-electron chi connectivity index (χ4n) is 5.29. The van der Waals surface area contributed by atoms with Gasteiger partial charge in [0.2, 0.25) is 0 Å². The summed E-state index contributed by atoms with van der Waals surface area (Å²) in [5.41, 5.74) is 6.66. The molecule has 0 unspecified atom stereocenters. The summed E-state index contributed by atoms with van der Waals surface area (Å²) in [6.07, 6.45) is 11.2. The number of thiazole rings is 1. The fraction of sp³-hybridized carbons (Fsp3) is 0.786. The maximum atomic E-state index is 6.05. The summed E-state index contributed by atoms with van der Waals surface area (Å²) in [4.78, 5) is 0. The lowest BCUT2D eigenvalue weighted by atomic mass is 9.49. The van der Waals surface area contributed by atoms with Gasteiger partial charge in [-0.3, -0.25) is 5.73 Å². The van der Waals surface area contributed by atoms with Gasteiger partial charge in [0.05, 0.1) is 6.54 Å². The van der Waals surface area contributed by atoms with Crippen molar-refractivity contribution >= 4 is 16.5 Å². The van der Waals surface area contributed by atoms with Crippen LogP contribution in [0.15, 0.2) is 11.6 Å². The minimum atomic E-state index is 0.606. The van der Waals surface area contributed by atoms with Crippen molar-refractivity contribution in [3.8, 4) is 0 Å². The summed E-state index contributed by atoms with van der Waals surface area (Å²) in [6, 6.07) is 0. The van der Waals surface area contributed by atoms with Crippen LogP contribution in [0.5, 0.6) is 0 Å². The van der Waals surface area contributed by atoms with E-state index in [4.69, 9.17) is 5.73 Å². The highest BCUT2D eigenvalue weighted by atomic mass is 32.1. The summed E-state index contributed by atoms with van der Waals surface area (Å²) in [5.74, 6) is 3.13. The van der Waals surface area contributed by atoms with Crippen molar-refractivity contribution in [3.63, 3.8) is 0 Å². The summed E-state index contributed by atoms with van der Waals surface area (Å²) in [5, 5.41) is 3.11. The predicted octanol–water partition coefficient (Wildman–Crippen LogP) is 2.83. The lowest BCUT2D eigenvalue weighted by molar-refractivity contribution is -0.695. The Morgan fingerprint density at radius 1 is 1.18 bits per heavy atom. The summed E-state index contributed by atoms with van der Waals surface area (Å²) in [6.45, 7) is 1.19. The Morgan fingerprint density at radius 2 is 1.76 bits per heavy atom. The third-order valence-electron chi connectivity index (χ3n) is 5.38. The normalized spacial score (nSPS) is 43.2. The second-order valence-corrected chi connectivity index (χ2v) is 7.71. The molecule has 4 fully saturated rings. The van der Waals surface area contributed by atoms with E-state index in [0.717, 1.165) is 22.9 Å². The number of aromatic nitrogens is 1. The molecule has 1 heterocycles. The Balaban J connectivity index is 1.62. The molecule has 0 saturated heterocycles. The number of nitrogens with two attached hydrogens (primary N) is 1. The first-order chi connectivity index (χ1) is 8.22. The molecule has 4 aliphatic carbocycles. The minimum Gasteiger partial charge on any atom is -0.278 e. The zero-order chi connectivity index (χ0) is 11.5. The summed E-state index contributed by atoms with van der Waals surface area (Å²) < 4.78 is 2.30. The number of hydrogen-bond acceptors (Lipinski definition) is 2. The lowest BCUT2D eigenvalue weighted by Crippen LogP contribution is -2.53. The fourth-order valence-corrected chi connectivity index (χ4v) is 5.90. The standard InChI is InChI=1S/C14H20N2S/c15-13-16(1-2-17-13)9-14-6-10-3-11(7-14)5-12(4-10)8-14/h1-2,10-12,15H,3-9H2/p+1. The first kappa shape index (κ1) is 10.4. The predicted molar refractivity (Wildman–Crippen MR) is 69.5 cm³/mol. The van der Waals surface area contributed by atoms with Gasteiger partial charge in [-0.05, 0) is 56.3 Å². The number of hydrogen-bond donors (Lipinski definition) is 1. The third kappa shape index (κ3) is 1.62. The van der Waals surface area contributed by atoms with E-state index < -0.39 is 0 Å². The van der Waals surface area contributed by atoms with Gasteiger partial charge in [0, 0.05) is 10.8 Å². The number of anilines is 1. The number of nitrogens with zero attached hydrogens (tertiary/aromatic N) is 1. The van der Waals surface area contributed by atoms with E-state index >= 15 is 0 Å². The summed E-state index contributed by atoms with van der Waals surface area (Å²) in [7, 11) is 0. The van der Waals surface area contributed by atoms with Gasteiger partial charge in [-0.2, -0.15) is 0 Å². The van der Waals surface area contributed by atoms with E-state index in [1.165, 1.54) is 45.1 Å². The molecular weight excluding hydrogens is 228 g/mol. The van der Waals surface area contributed by atoms with Gasteiger partial charge in [0.1, 0.15) is 6.20 Å². The van der Waals surface area contributed by atoms with Crippen molar-refractivity contribution < 1.29 is 4.57 Å². The SMILES string of the molecule is Nc1scc[n+]1CC12CC3CC(CC(C3)C1)C2. The molecule has 0 aliphatic heterocycles. The Labute approximate surface area is 107 Å². The van der Waals surface area contributed by atoms with E-state index in [9.17, 15) is 0 Å². The Hall–Kier alpha value is -0.570. The monoisotopic (exact) mass is 249 g/mol. The van der Waals surface area contributed by atoms with Gasteiger partial charge in [-0.1, -0.05) is 11.3 Å². The maximum Gasteiger partial charge on any atom is 0.331 e. The third-order valence-corrected chi connectivity index (χ3v) is 6.12. The van der Waals surface area contributed by atoms with Crippen molar-refractivity contribution in [3.05, 3.63) is 11.6 Å². The molecule has 0 radical (unpaired) electrons. The minimum absolute atomic E-state index is 0.606. The van der Waals surface area contributed by atoms with Gasteiger partial charge in [0.15, 0.2) is 0 Å². The number of rotatable bonds is 2. The molecule has 0 aromatic carbocycles. The van der Waals surface area contributed by atoms with Crippen LogP contribution in [0.4, 0.5) is 5.13 Å². The molecule has 3 heteroatoms. The second-order valence-electron chi connectivity index (χ2n) is 6.79. The van der Waals surface area contributed by atoms with Gasteiger partial charge < -0.3 is 0 Å². The highest BCUT2D eigenvalue weighted by molar-refractivity contribution is 7.12. The van der Waals surface area contributed by atoms with Crippen LogP contribution < -0.4 is 10.3 Å². The van der Waals surface area contributed by atoms with Crippen molar-refractivity contribution in [2.75, 3.05) is 5.73 Å². The Kier molecular flexibility index (Phi) is 2.11. The molecular formula is C14H21N2S+. The molecule has 5 rings (SSSR count). The number of nitrogen functional groups attached to an aromatic ring is 1. The second kappa shape index (κ2) is 3.47. The molecule has 4 aliphatic rings. The lowest BCUT2D eigenvalue weighted by Gasteiger charge is -2.56. The van der Waals surface area contributed by atoms with Gasteiger partial charge >= 0.3 is 5.13 Å². The molecule has 0 amide bonds. The van der Waals surface area contributed by atoms with Gasteiger partial charge in [-0.25, -0.2) is 4.57 Å². The van der Waals surface area contributed by atoms with Gasteiger partial charge in [-0.15, -0.1) is 0 Å². The topological polar surface area (TPSA) is 29.9 Å². The molecule has 0 atom stereocenters. The zero-order valence-electron chi connectivity index (χ0n) is 10.3. The molecule has 1 aromatic rings. The van der Waals surface area contributed by atoms with Crippen LogP contribution in [0, 0.1) is 23.2 Å². The largest absolute Gasteiger partial charge is 0.331 e. The van der Waals surface area contributed by atoms with Crippen molar-refractivity contribution in [2.24, 2.45) is 23.2 Å². The van der Waals surface area contributed by atoms with Crippen LogP contribution in [0.1, 0.15) is 38.5 Å². The van der Waals surface area contributed by atoms with Crippen LogP contribution in [0.25, 0.3) is 0 Å². The van der Waals surface area contributed by atoms with Crippen molar-refractivity contribution in [1.29, 1.82) is 0 Å². The van der Waals surface area contributed by atoms with Crippen LogP contribution in [-0.4, -0.2) is 0 Å². The van der Waals surface area contributed by atoms with Crippen LogP contribution in [0.2, 0.25) is 0 Å². The molecule has 2 nitrogen and oxygen atoms in total. The van der Waals surface area contributed by atoms with Crippen LogP contribution in [0.3, 0.4) is 0 Å². The first-order valence-electron chi connectivity index (χ1n) is 6.95. The van der Waals surface area contributed by atoms with Crippen molar-refractivity contribution in [1.82, 2.24) is 0 Å². The van der Waals surface area contributed by atoms with Crippen LogP contribution >= 0.6 is 11.3 Å². The van der Waals surface area contributed by atoms with E-state index in [1.807, 2.05) is 0 Å². The quantitative estimate of drug-likeness (QED) is 0.803. The van der Waals surface area contributed by atoms with E-state index in [1.54, 1.807) is 11.3 Å². The smallest absolute Gasteiger partial charge is 0.278 e. The van der Waals surface area contributed by atoms with E-state index in [-0.39, 0.29) is 0 Å². The molecule has 1 aromatic heterocycles. The molecule has 4 bridgehead atoms. The average Bonchev–Trinajstić information content (AvgIpc) is 2.61. The highest BCUT2D eigenvalue weighted by Crippen LogP contribution is 2.60. The molecule has 17 heavy (non-hydrogen) atoms. The highest BCUT2D eigenvalue weighted by Gasteiger charge is 2.51. The molecule has 0 spiro atoms. The molecule has 4 saturated carbocycles. The molecule has 2 N–H and O–H groups in total. The Bertz CT molecular complexity index is 402. The molecule has 92 valence electrons. The van der Waals surface area contributed by atoms with E-state index in [2.05, 4.69) is 16.1 Å². The van der Waals surface area contributed by atoms with Crippen molar-refractivity contribution in [2.45, 2.75) is 45.1 Å². The first-order valence-corrected chi connectivity index (χ1v) is 7.83. The van der Waals surface area contributed by atoms with Gasteiger partial charge in [0.25, 0.3) is 0 Å². The van der Waals surface area contributed by atoms with Crippen LogP contribution in [-0.2, 0) is 6.54 Å². The Morgan fingerprint density at radius 3 is 2.24 bits per heavy atom. The summed E-state index contributed by atoms with van der Waals surface area (Å²) >= 11 is 1.67. The average molecular weight is 249 g/mol. The maximum absolute atomic E-state index is 6.05.